The zero-order valence-electron chi connectivity index (χ0n) is 8.54. The summed E-state index contributed by atoms with van der Waals surface area (Å²) in [7, 11) is 4.01. The van der Waals surface area contributed by atoms with Crippen molar-refractivity contribution in [1.82, 2.24) is 9.88 Å². The minimum absolute atomic E-state index is 0.909. The summed E-state index contributed by atoms with van der Waals surface area (Å²) in [4.78, 5) is 6.52. The van der Waals surface area contributed by atoms with Crippen LogP contribution in [0.2, 0.25) is 0 Å². The lowest BCUT2D eigenvalue weighted by atomic mass is 10.3. The van der Waals surface area contributed by atoms with Gasteiger partial charge in [-0.1, -0.05) is 6.92 Å². The molecule has 0 aliphatic rings. The van der Waals surface area contributed by atoms with Crippen LogP contribution in [-0.4, -0.2) is 30.5 Å². The average molecular weight is 179 g/mol. The van der Waals surface area contributed by atoms with E-state index < -0.39 is 0 Å². The van der Waals surface area contributed by atoms with Crippen LogP contribution < -0.4 is 5.32 Å². The first-order valence-corrected chi connectivity index (χ1v) is 4.57. The van der Waals surface area contributed by atoms with E-state index in [1.807, 2.05) is 19.3 Å². The van der Waals surface area contributed by atoms with E-state index in [0.717, 1.165) is 24.5 Å². The lowest BCUT2D eigenvalue weighted by molar-refractivity contribution is 0.341. The first-order chi connectivity index (χ1) is 6.26. The third-order valence-electron chi connectivity index (χ3n) is 2.08. The number of hydrogen-bond donors (Lipinski definition) is 1. The fourth-order valence-corrected chi connectivity index (χ4v) is 1.11. The van der Waals surface area contributed by atoms with Gasteiger partial charge < -0.3 is 10.2 Å². The van der Waals surface area contributed by atoms with Gasteiger partial charge in [-0.15, -0.1) is 0 Å². The zero-order valence-corrected chi connectivity index (χ0v) is 8.54. The Morgan fingerprint density at radius 1 is 1.54 bits per heavy atom. The molecule has 0 saturated heterocycles. The molecule has 0 aromatic carbocycles. The molecule has 0 aliphatic heterocycles. The van der Waals surface area contributed by atoms with Crippen LogP contribution in [0, 0.1) is 0 Å². The summed E-state index contributed by atoms with van der Waals surface area (Å²) < 4.78 is 0. The highest BCUT2D eigenvalue weighted by atomic mass is 15.1. The van der Waals surface area contributed by atoms with Crippen LogP contribution in [0.3, 0.4) is 0 Å². The number of anilines is 1. The standard InChI is InChI=1S/C10H17N3/c1-4-13(3)8-10-7-9(11-2)5-6-12-10/h5-7H,4,8H2,1-3H3,(H,11,12). The van der Waals surface area contributed by atoms with E-state index in [2.05, 4.69) is 35.2 Å². The predicted octanol–water partition coefficient (Wildman–Crippen LogP) is 1.57. The first-order valence-electron chi connectivity index (χ1n) is 4.57. The van der Waals surface area contributed by atoms with Gasteiger partial charge in [-0.2, -0.15) is 0 Å². The highest BCUT2D eigenvalue weighted by Crippen LogP contribution is 2.07. The monoisotopic (exact) mass is 179 g/mol. The largest absolute Gasteiger partial charge is 0.388 e. The van der Waals surface area contributed by atoms with Gasteiger partial charge in [0.05, 0.1) is 5.69 Å². The Balaban J connectivity index is 2.66. The lowest BCUT2D eigenvalue weighted by Crippen LogP contribution is -2.17. The maximum atomic E-state index is 4.29. The quantitative estimate of drug-likeness (QED) is 0.760. The van der Waals surface area contributed by atoms with Crippen molar-refractivity contribution in [2.45, 2.75) is 13.5 Å². The molecule has 0 amide bonds. The molecule has 0 aliphatic carbocycles. The van der Waals surface area contributed by atoms with Gasteiger partial charge >= 0.3 is 0 Å². The Hall–Kier alpha value is -1.09. The Morgan fingerprint density at radius 3 is 2.92 bits per heavy atom. The van der Waals surface area contributed by atoms with E-state index in [4.69, 9.17) is 0 Å². The lowest BCUT2D eigenvalue weighted by Gasteiger charge is -2.13. The number of rotatable bonds is 4. The molecule has 0 spiro atoms. The molecule has 0 radical (unpaired) electrons. The summed E-state index contributed by atoms with van der Waals surface area (Å²) in [6.45, 7) is 4.10. The molecule has 1 aromatic rings. The molecule has 0 saturated carbocycles. The first kappa shape index (κ1) is 9.99. The third kappa shape index (κ3) is 3.03. The maximum absolute atomic E-state index is 4.29. The van der Waals surface area contributed by atoms with Gasteiger partial charge in [-0.25, -0.2) is 0 Å². The zero-order chi connectivity index (χ0) is 9.68. The molecule has 3 heteroatoms. The fourth-order valence-electron chi connectivity index (χ4n) is 1.11. The average Bonchev–Trinajstić information content (AvgIpc) is 2.18. The molecule has 3 nitrogen and oxygen atoms in total. The van der Waals surface area contributed by atoms with Crippen LogP contribution in [-0.2, 0) is 6.54 Å². The van der Waals surface area contributed by atoms with Crippen molar-refractivity contribution in [2.24, 2.45) is 0 Å². The SMILES string of the molecule is CCN(C)Cc1cc(NC)ccn1. The van der Waals surface area contributed by atoms with Crippen molar-refractivity contribution in [2.75, 3.05) is 26.0 Å². The summed E-state index contributed by atoms with van der Waals surface area (Å²) in [5.74, 6) is 0. The van der Waals surface area contributed by atoms with Crippen molar-refractivity contribution in [1.29, 1.82) is 0 Å². The Labute approximate surface area is 79.8 Å². The molecule has 13 heavy (non-hydrogen) atoms. The van der Waals surface area contributed by atoms with Gasteiger partial charge in [0.25, 0.3) is 0 Å². The van der Waals surface area contributed by atoms with Crippen LogP contribution >= 0.6 is 0 Å². The minimum Gasteiger partial charge on any atom is -0.388 e. The normalized spacial score (nSPS) is 10.5. The molecule has 1 aromatic heterocycles. The van der Waals surface area contributed by atoms with Gasteiger partial charge in [0.15, 0.2) is 0 Å². The van der Waals surface area contributed by atoms with E-state index in [1.165, 1.54) is 0 Å². The van der Waals surface area contributed by atoms with Gasteiger partial charge in [0, 0.05) is 25.5 Å². The highest BCUT2D eigenvalue weighted by Gasteiger charge is 1.99. The molecule has 0 unspecified atom stereocenters. The van der Waals surface area contributed by atoms with E-state index in [9.17, 15) is 0 Å². The number of pyridine rings is 1. The Kier molecular flexibility index (Phi) is 3.71. The maximum Gasteiger partial charge on any atom is 0.0564 e. The molecular formula is C10H17N3. The Bertz CT molecular complexity index is 260. The highest BCUT2D eigenvalue weighted by molar-refractivity contribution is 5.42. The van der Waals surface area contributed by atoms with Crippen molar-refractivity contribution in [3.05, 3.63) is 24.0 Å². The topological polar surface area (TPSA) is 28.2 Å². The molecule has 1 heterocycles. The number of aromatic nitrogens is 1. The molecule has 1 rings (SSSR count). The van der Waals surface area contributed by atoms with Crippen LogP contribution in [0.15, 0.2) is 18.3 Å². The van der Waals surface area contributed by atoms with E-state index in [-0.39, 0.29) is 0 Å². The van der Waals surface area contributed by atoms with Gasteiger partial charge in [-0.05, 0) is 25.7 Å². The molecule has 0 atom stereocenters. The van der Waals surface area contributed by atoms with Crippen molar-refractivity contribution in [3.8, 4) is 0 Å². The van der Waals surface area contributed by atoms with Gasteiger partial charge in [-0.3, -0.25) is 4.98 Å². The van der Waals surface area contributed by atoms with E-state index >= 15 is 0 Å². The smallest absolute Gasteiger partial charge is 0.0564 e. The molecule has 0 fully saturated rings. The van der Waals surface area contributed by atoms with E-state index in [1.54, 1.807) is 0 Å². The molecule has 72 valence electrons. The summed E-state index contributed by atoms with van der Waals surface area (Å²) in [6.07, 6.45) is 1.84. The fraction of sp³-hybridized carbons (Fsp3) is 0.500. The number of hydrogen-bond acceptors (Lipinski definition) is 3. The summed E-state index contributed by atoms with van der Waals surface area (Å²) >= 11 is 0. The molecule has 1 N–H and O–H groups in total. The van der Waals surface area contributed by atoms with Crippen LogP contribution in [0.4, 0.5) is 5.69 Å². The van der Waals surface area contributed by atoms with Crippen molar-refractivity contribution < 1.29 is 0 Å². The second kappa shape index (κ2) is 4.82. The summed E-state index contributed by atoms with van der Waals surface area (Å²) in [6, 6.07) is 4.04. The van der Waals surface area contributed by atoms with Gasteiger partial charge in [0.2, 0.25) is 0 Å². The summed E-state index contributed by atoms with van der Waals surface area (Å²) in [5.41, 5.74) is 2.23. The van der Waals surface area contributed by atoms with Crippen molar-refractivity contribution >= 4 is 5.69 Å². The molecular weight excluding hydrogens is 162 g/mol. The Morgan fingerprint density at radius 2 is 2.31 bits per heavy atom. The van der Waals surface area contributed by atoms with E-state index in [0.29, 0.717) is 0 Å². The van der Waals surface area contributed by atoms with Crippen LogP contribution in [0.5, 0.6) is 0 Å². The van der Waals surface area contributed by atoms with Crippen molar-refractivity contribution in [3.63, 3.8) is 0 Å². The second-order valence-electron chi connectivity index (χ2n) is 3.12. The minimum atomic E-state index is 0.909. The van der Waals surface area contributed by atoms with Crippen LogP contribution in [0.25, 0.3) is 0 Å². The number of nitrogens with zero attached hydrogens (tertiary/aromatic N) is 2. The predicted molar refractivity (Wildman–Crippen MR) is 55.8 cm³/mol. The molecule has 0 bridgehead atoms. The second-order valence-corrected chi connectivity index (χ2v) is 3.12. The summed E-state index contributed by atoms with van der Waals surface area (Å²) in [5, 5.41) is 3.10. The number of nitrogens with one attached hydrogen (secondary N) is 1. The third-order valence-corrected chi connectivity index (χ3v) is 2.08. The van der Waals surface area contributed by atoms with Crippen LogP contribution in [0.1, 0.15) is 12.6 Å². The van der Waals surface area contributed by atoms with Gasteiger partial charge in [0.1, 0.15) is 0 Å².